The number of rotatable bonds is 7. The number of amidine groups is 1. The molecule has 0 unspecified atom stereocenters. The van der Waals surface area contributed by atoms with E-state index in [0.717, 1.165) is 24.3 Å². The van der Waals surface area contributed by atoms with Crippen molar-refractivity contribution in [3.05, 3.63) is 54.8 Å². The topological polar surface area (TPSA) is 65.5 Å². The summed E-state index contributed by atoms with van der Waals surface area (Å²) in [6.45, 7) is 3.35. The van der Waals surface area contributed by atoms with Crippen LogP contribution < -0.4 is 10.9 Å². The lowest BCUT2D eigenvalue weighted by molar-refractivity contribution is 0.973. The lowest BCUT2D eigenvalue weighted by atomic mass is 10.3. The molecule has 0 atom stereocenters. The van der Waals surface area contributed by atoms with Gasteiger partial charge in [0.2, 0.25) is 0 Å². The third kappa shape index (κ3) is 6.36. The van der Waals surface area contributed by atoms with Gasteiger partial charge in [0.25, 0.3) is 0 Å². The number of benzene rings is 1. The van der Waals surface area contributed by atoms with Crippen LogP contribution in [0.25, 0.3) is 0 Å². The van der Waals surface area contributed by atoms with Crippen molar-refractivity contribution in [1.82, 2.24) is 0 Å². The molecule has 1 rings (SSSR count). The highest BCUT2D eigenvalue weighted by molar-refractivity contribution is 8.14. The smallest absolute Gasteiger partial charge is 0.175 e. The number of nitrogens with zero attached hydrogens (tertiary/aromatic N) is 2. The maximum Gasteiger partial charge on any atom is 0.175 e. The van der Waals surface area contributed by atoms with Crippen LogP contribution in [-0.4, -0.2) is 17.6 Å². The Hall–Kier alpha value is -1.85. The molecule has 0 aromatic heterocycles. The Kier molecular flexibility index (Phi) is 8.10. The summed E-state index contributed by atoms with van der Waals surface area (Å²) in [4.78, 5) is 3.61. The van der Waals surface area contributed by atoms with Crippen molar-refractivity contribution in [2.24, 2.45) is 10.8 Å². The predicted molar refractivity (Wildman–Crippen MR) is 90.4 cm³/mol. The first kappa shape index (κ1) is 16.2. The average molecular weight is 288 g/mol. The van der Waals surface area contributed by atoms with Gasteiger partial charge in [-0.1, -0.05) is 42.1 Å². The summed E-state index contributed by atoms with van der Waals surface area (Å²) in [6.07, 6.45) is 9.48. The fourth-order valence-corrected chi connectivity index (χ4v) is 2.18. The summed E-state index contributed by atoms with van der Waals surface area (Å²) in [5, 5.41) is 9.68. The minimum atomic E-state index is 0.357. The van der Waals surface area contributed by atoms with Crippen molar-refractivity contribution in [2.45, 2.75) is 12.8 Å². The molecule has 4 nitrogen and oxygen atoms in total. The van der Waals surface area contributed by atoms with Gasteiger partial charge in [-0.05, 0) is 37.8 Å². The lowest BCUT2D eigenvalue weighted by Gasteiger charge is -2.18. The molecule has 20 heavy (non-hydrogen) atoms. The Morgan fingerprint density at radius 2 is 2.10 bits per heavy atom. The number of nitrogens with two attached hydrogens (primary N) is 1. The molecule has 0 aliphatic carbocycles. The van der Waals surface area contributed by atoms with E-state index in [9.17, 15) is 0 Å². The van der Waals surface area contributed by atoms with Gasteiger partial charge in [-0.2, -0.15) is 0 Å². The monoisotopic (exact) mass is 288 g/mol. The van der Waals surface area contributed by atoms with Crippen molar-refractivity contribution in [3.8, 4) is 0 Å². The molecule has 0 heterocycles. The summed E-state index contributed by atoms with van der Waals surface area (Å²) >= 11 is 1.45. The third-order valence-corrected chi connectivity index (χ3v) is 3.41. The summed E-state index contributed by atoms with van der Waals surface area (Å²) < 4.78 is 0. The highest BCUT2D eigenvalue weighted by Gasteiger charge is 2.07. The van der Waals surface area contributed by atoms with Crippen LogP contribution in [0, 0.1) is 5.41 Å². The average Bonchev–Trinajstić information content (AvgIpc) is 2.50. The van der Waals surface area contributed by atoms with Crippen LogP contribution in [0.3, 0.4) is 0 Å². The minimum Gasteiger partial charge on any atom is -0.277 e. The number of hydrogen-bond acceptors (Lipinski definition) is 4. The molecule has 0 aliphatic heterocycles. The maximum absolute atomic E-state index is 7.92. The molecule has 0 radical (unpaired) electrons. The van der Waals surface area contributed by atoms with Gasteiger partial charge in [-0.15, -0.1) is 0 Å². The predicted octanol–water partition coefficient (Wildman–Crippen LogP) is 3.59. The highest BCUT2D eigenvalue weighted by Crippen LogP contribution is 2.15. The van der Waals surface area contributed by atoms with Gasteiger partial charge in [0, 0.05) is 12.0 Å². The number of allylic oxidation sites excluding steroid dienone is 3. The van der Waals surface area contributed by atoms with Crippen molar-refractivity contribution in [1.29, 1.82) is 5.41 Å². The van der Waals surface area contributed by atoms with Crippen molar-refractivity contribution >= 4 is 29.3 Å². The molecular weight excluding hydrogens is 268 g/mol. The normalized spacial score (nSPS) is 11.1. The summed E-state index contributed by atoms with van der Waals surface area (Å²) in [7, 11) is 0. The Labute approximate surface area is 124 Å². The Morgan fingerprint density at radius 3 is 2.80 bits per heavy atom. The zero-order chi connectivity index (χ0) is 14.6. The summed E-state index contributed by atoms with van der Waals surface area (Å²) in [6, 6.07) is 9.51. The number of aliphatic imine (C=N–C) groups is 1. The van der Waals surface area contributed by atoms with E-state index in [1.165, 1.54) is 16.8 Å². The lowest BCUT2D eigenvalue weighted by Crippen LogP contribution is -2.35. The third-order valence-electron chi connectivity index (χ3n) is 2.45. The van der Waals surface area contributed by atoms with Crippen LogP contribution in [-0.2, 0) is 0 Å². The van der Waals surface area contributed by atoms with E-state index in [0.29, 0.717) is 5.17 Å². The Bertz CT molecular complexity index is 468. The van der Waals surface area contributed by atoms with Crippen LogP contribution in [0.1, 0.15) is 12.8 Å². The van der Waals surface area contributed by atoms with E-state index >= 15 is 0 Å². The van der Waals surface area contributed by atoms with Gasteiger partial charge in [0.05, 0.1) is 5.69 Å². The Morgan fingerprint density at radius 1 is 1.35 bits per heavy atom. The molecule has 0 spiro atoms. The van der Waals surface area contributed by atoms with Crippen molar-refractivity contribution in [3.63, 3.8) is 0 Å². The molecule has 0 saturated carbocycles. The molecule has 0 fully saturated rings. The van der Waals surface area contributed by atoms with Crippen LogP contribution in [0.5, 0.6) is 0 Å². The van der Waals surface area contributed by atoms with E-state index in [2.05, 4.69) is 17.8 Å². The molecular formula is C15H20N4S. The van der Waals surface area contributed by atoms with E-state index < -0.39 is 0 Å². The maximum atomic E-state index is 7.92. The number of anilines is 1. The zero-order valence-corrected chi connectivity index (χ0v) is 12.2. The number of para-hydroxylation sites is 1. The number of hydrogen-bond donors (Lipinski definition) is 2. The van der Waals surface area contributed by atoms with E-state index in [1.807, 2.05) is 42.5 Å². The Balaban J connectivity index is 2.22. The molecule has 0 bridgehead atoms. The fraction of sp³-hybridized carbons (Fsp3) is 0.200. The van der Waals surface area contributed by atoms with Crippen LogP contribution in [0.4, 0.5) is 5.69 Å². The van der Waals surface area contributed by atoms with Gasteiger partial charge >= 0.3 is 0 Å². The van der Waals surface area contributed by atoms with Crippen molar-refractivity contribution in [2.75, 3.05) is 10.8 Å². The summed E-state index contributed by atoms with van der Waals surface area (Å²) in [5.74, 6) is 6.75. The van der Waals surface area contributed by atoms with Crippen LogP contribution in [0.2, 0.25) is 0 Å². The van der Waals surface area contributed by atoms with Gasteiger partial charge in [0.15, 0.2) is 5.17 Å². The standard InChI is InChI=1S/C15H20N4S/c1-18-12-8-3-2-4-9-13-20-15(16)19(17)14-10-6-5-7-11-14/h2-3,5-8,10-12,16H,1,4,9,13,17H2/b3-2-,12-8-,16-15?. The number of hydrazine groups is 1. The number of thioether (sulfide) groups is 1. The van der Waals surface area contributed by atoms with Gasteiger partial charge in [-0.3, -0.25) is 15.4 Å². The second-order valence-corrected chi connectivity index (χ2v) is 5.04. The number of unbranched alkanes of at least 4 members (excludes halogenated alkanes) is 1. The summed E-state index contributed by atoms with van der Waals surface area (Å²) in [5.41, 5.74) is 0.826. The molecule has 106 valence electrons. The van der Waals surface area contributed by atoms with Gasteiger partial charge < -0.3 is 0 Å². The van der Waals surface area contributed by atoms with Gasteiger partial charge in [-0.25, -0.2) is 5.84 Å². The highest BCUT2D eigenvalue weighted by atomic mass is 32.2. The van der Waals surface area contributed by atoms with E-state index in [1.54, 1.807) is 6.20 Å². The van der Waals surface area contributed by atoms with E-state index in [-0.39, 0.29) is 0 Å². The molecule has 3 N–H and O–H groups in total. The first-order valence-electron chi connectivity index (χ1n) is 6.34. The van der Waals surface area contributed by atoms with Crippen LogP contribution >= 0.6 is 11.8 Å². The molecule has 5 heteroatoms. The quantitative estimate of drug-likeness (QED) is 0.201. The second kappa shape index (κ2) is 10.00. The fourth-order valence-electron chi connectivity index (χ4n) is 1.43. The largest absolute Gasteiger partial charge is 0.277 e. The zero-order valence-electron chi connectivity index (χ0n) is 11.4. The molecule has 0 amide bonds. The molecule has 0 aliphatic rings. The molecule has 1 aromatic rings. The van der Waals surface area contributed by atoms with E-state index in [4.69, 9.17) is 11.3 Å². The van der Waals surface area contributed by atoms with Gasteiger partial charge in [0.1, 0.15) is 0 Å². The van der Waals surface area contributed by atoms with Crippen LogP contribution in [0.15, 0.2) is 59.8 Å². The second-order valence-electron chi connectivity index (χ2n) is 3.95. The molecule has 1 aromatic carbocycles. The minimum absolute atomic E-state index is 0.357. The van der Waals surface area contributed by atoms with Crippen molar-refractivity contribution < 1.29 is 0 Å². The number of nitrogens with one attached hydrogen (secondary N) is 1. The first-order valence-corrected chi connectivity index (χ1v) is 7.33. The molecule has 0 saturated heterocycles. The first-order chi connectivity index (χ1) is 9.75. The SMILES string of the molecule is C=N/C=C\C=C/CCCSC(=N)N(N)c1ccccc1.